The fourth-order valence-electron chi connectivity index (χ4n) is 2.70. The zero-order valence-electron chi connectivity index (χ0n) is 13.1. The number of aromatic amines is 1. The summed E-state index contributed by atoms with van der Waals surface area (Å²) in [5, 5.41) is 5.08. The van der Waals surface area contributed by atoms with Crippen LogP contribution in [-0.4, -0.2) is 16.3 Å². The maximum atomic E-state index is 12.4. The molecule has 0 fully saturated rings. The second-order valence-electron chi connectivity index (χ2n) is 5.62. The highest BCUT2D eigenvalue weighted by atomic mass is 35.5. The van der Waals surface area contributed by atoms with E-state index < -0.39 is 6.36 Å². The fraction of sp³-hybridized carbons (Fsp3) is 0.0556. The Labute approximate surface area is 150 Å². The number of hydrogen-bond acceptors (Lipinski definition) is 3. The number of anilines is 2. The minimum absolute atomic E-state index is 0.294. The molecule has 0 spiro atoms. The number of halogens is 4. The standard InChI is InChI=1S/C18H11ClF3N3O/c19-14-9-17(24-11-2-1-10-5-6-23-15(10)7-11)25-16-8-12(3-4-13(14)16)26-18(20,21)22/h1-9,23H,(H,24,25). The molecule has 0 saturated carbocycles. The van der Waals surface area contributed by atoms with Gasteiger partial charge in [0.2, 0.25) is 0 Å². The van der Waals surface area contributed by atoms with Gasteiger partial charge in [0.1, 0.15) is 11.6 Å². The van der Waals surface area contributed by atoms with Crippen molar-refractivity contribution in [2.24, 2.45) is 0 Å². The van der Waals surface area contributed by atoms with E-state index in [0.29, 0.717) is 21.7 Å². The van der Waals surface area contributed by atoms with E-state index in [0.717, 1.165) is 16.6 Å². The van der Waals surface area contributed by atoms with Gasteiger partial charge < -0.3 is 15.0 Å². The van der Waals surface area contributed by atoms with Crippen LogP contribution in [0.25, 0.3) is 21.8 Å². The maximum Gasteiger partial charge on any atom is 0.573 e. The van der Waals surface area contributed by atoms with Gasteiger partial charge in [-0.15, -0.1) is 13.2 Å². The smallest absolute Gasteiger partial charge is 0.406 e. The molecule has 4 rings (SSSR count). The molecule has 2 heterocycles. The molecule has 4 aromatic rings. The second-order valence-corrected chi connectivity index (χ2v) is 6.03. The summed E-state index contributed by atoms with van der Waals surface area (Å²) in [6.45, 7) is 0. The van der Waals surface area contributed by atoms with Crippen LogP contribution >= 0.6 is 11.6 Å². The number of pyridine rings is 1. The van der Waals surface area contributed by atoms with Gasteiger partial charge in [-0.25, -0.2) is 4.98 Å². The van der Waals surface area contributed by atoms with Crippen molar-refractivity contribution in [2.45, 2.75) is 6.36 Å². The van der Waals surface area contributed by atoms with Crippen molar-refractivity contribution in [1.29, 1.82) is 0 Å². The molecule has 0 amide bonds. The molecule has 0 radical (unpaired) electrons. The lowest BCUT2D eigenvalue weighted by molar-refractivity contribution is -0.274. The normalized spacial score (nSPS) is 11.8. The van der Waals surface area contributed by atoms with Gasteiger partial charge in [-0.05, 0) is 35.7 Å². The lowest BCUT2D eigenvalue weighted by Crippen LogP contribution is -2.17. The van der Waals surface area contributed by atoms with Crippen LogP contribution in [0, 0.1) is 0 Å². The number of alkyl halides is 3. The van der Waals surface area contributed by atoms with E-state index in [1.54, 1.807) is 6.07 Å². The summed E-state index contributed by atoms with van der Waals surface area (Å²) in [7, 11) is 0. The zero-order chi connectivity index (χ0) is 18.3. The quantitative estimate of drug-likeness (QED) is 0.459. The molecule has 132 valence electrons. The minimum Gasteiger partial charge on any atom is -0.406 e. The molecule has 2 aromatic carbocycles. The molecule has 0 aliphatic heterocycles. The number of ether oxygens (including phenoxy) is 1. The van der Waals surface area contributed by atoms with E-state index in [9.17, 15) is 13.2 Å². The number of fused-ring (bicyclic) bond motifs is 2. The lowest BCUT2D eigenvalue weighted by Gasteiger charge is -2.11. The summed E-state index contributed by atoms with van der Waals surface area (Å²) in [5.41, 5.74) is 2.01. The third-order valence-corrected chi connectivity index (χ3v) is 4.10. The van der Waals surface area contributed by atoms with E-state index in [2.05, 4.69) is 20.0 Å². The lowest BCUT2D eigenvalue weighted by atomic mass is 10.2. The highest BCUT2D eigenvalue weighted by Gasteiger charge is 2.31. The first-order valence-corrected chi connectivity index (χ1v) is 7.95. The number of benzene rings is 2. The molecule has 0 atom stereocenters. The topological polar surface area (TPSA) is 49.9 Å². The van der Waals surface area contributed by atoms with Crippen LogP contribution in [0.1, 0.15) is 0 Å². The number of rotatable bonds is 3. The molecule has 0 bridgehead atoms. The third kappa shape index (κ3) is 3.39. The van der Waals surface area contributed by atoms with Crippen molar-refractivity contribution in [3.8, 4) is 5.75 Å². The Morgan fingerprint density at radius 3 is 2.69 bits per heavy atom. The predicted octanol–water partition coefficient (Wildman–Crippen LogP) is 6.01. The molecule has 0 saturated heterocycles. The Morgan fingerprint density at radius 1 is 1.04 bits per heavy atom. The summed E-state index contributed by atoms with van der Waals surface area (Å²) < 4.78 is 41.2. The van der Waals surface area contributed by atoms with Gasteiger partial charge in [0.25, 0.3) is 0 Å². The molecular formula is C18H11ClF3N3O. The Kier molecular flexibility index (Phi) is 3.88. The Bertz CT molecular complexity index is 1110. The molecule has 2 N–H and O–H groups in total. The zero-order valence-corrected chi connectivity index (χ0v) is 13.8. The van der Waals surface area contributed by atoms with Gasteiger partial charge in [0.15, 0.2) is 0 Å². The molecule has 26 heavy (non-hydrogen) atoms. The number of hydrogen-bond donors (Lipinski definition) is 2. The summed E-state index contributed by atoms with van der Waals surface area (Å²) in [6, 6.07) is 13.1. The predicted molar refractivity (Wildman–Crippen MR) is 95.0 cm³/mol. The molecule has 0 aliphatic carbocycles. The van der Waals surface area contributed by atoms with Gasteiger partial charge in [-0.1, -0.05) is 17.7 Å². The van der Waals surface area contributed by atoms with Crippen molar-refractivity contribution in [1.82, 2.24) is 9.97 Å². The highest BCUT2D eigenvalue weighted by molar-refractivity contribution is 6.35. The molecule has 0 aliphatic rings. The van der Waals surface area contributed by atoms with Crippen LogP contribution in [0.15, 0.2) is 54.7 Å². The van der Waals surface area contributed by atoms with Crippen LogP contribution in [0.4, 0.5) is 24.7 Å². The Balaban J connectivity index is 1.70. The number of aromatic nitrogens is 2. The van der Waals surface area contributed by atoms with Gasteiger partial charge >= 0.3 is 6.36 Å². The summed E-state index contributed by atoms with van der Waals surface area (Å²) in [6.07, 6.45) is -2.93. The average molecular weight is 378 g/mol. The first-order chi connectivity index (χ1) is 12.4. The minimum atomic E-state index is -4.77. The summed E-state index contributed by atoms with van der Waals surface area (Å²) in [5.74, 6) is 0.0658. The van der Waals surface area contributed by atoms with Gasteiger partial charge in [0.05, 0.1) is 10.5 Å². The summed E-state index contributed by atoms with van der Waals surface area (Å²) in [4.78, 5) is 7.44. The van der Waals surface area contributed by atoms with Crippen molar-refractivity contribution in [2.75, 3.05) is 5.32 Å². The first-order valence-electron chi connectivity index (χ1n) is 7.58. The van der Waals surface area contributed by atoms with Crippen molar-refractivity contribution >= 4 is 44.9 Å². The molecule has 8 heteroatoms. The van der Waals surface area contributed by atoms with Crippen LogP contribution in [-0.2, 0) is 0 Å². The Morgan fingerprint density at radius 2 is 1.88 bits per heavy atom. The van der Waals surface area contributed by atoms with Crippen LogP contribution in [0.5, 0.6) is 5.75 Å². The molecular weight excluding hydrogens is 367 g/mol. The van der Waals surface area contributed by atoms with Crippen molar-refractivity contribution in [3.05, 3.63) is 59.8 Å². The summed E-state index contributed by atoms with van der Waals surface area (Å²) >= 11 is 6.24. The monoisotopic (exact) mass is 377 g/mol. The van der Waals surface area contributed by atoms with E-state index >= 15 is 0 Å². The Hall–Kier alpha value is -2.93. The van der Waals surface area contributed by atoms with Crippen LogP contribution in [0.2, 0.25) is 5.02 Å². The third-order valence-electron chi connectivity index (χ3n) is 3.79. The first kappa shape index (κ1) is 16.5. The molecule has 2 aromatic heterocycles. The number of nitrogens with one attached hydrogen (secondary N) is 2. The van der Waals surface area contributed by atoms with E-state index in [4.69, 9.17) is 11.6 Å². The number of H-pyrrole nitrogens is 1. The van der Waals surface area contributed by atoms with Gasteiger partial charge in [0, 0.05) is 34.9 Å². The second kappa shape index (κ2) is 6.10. The maximum absolute atomic E-state index is 12.4. The molecule has 4 nitrogen and oxygen atoms in total. The fourth-order valence-corrected chi connectivity index (χ4v) is 2.96. The van der Waals surface area contributed by atoms with Crippen LogP contribution in [0.3, 0.4) is 0 Å². The largest absolute Gasteiger partial charge is 0.573 e. The van der Waals surface area contributed by atoms with E-state index in [1.807, 2.05) is 30.5 Å². The van der Waals surface area contributed by atoms with Crippen LogP contribution < -0.4 is 10.1 Å². The van der Waals surface area contributed by atoms with Gasteiger partial charge in [-0.3, -0.25) is 0 Å². The average Bonchev–Trinajstić information content (AvgIpc) is 3.00. The SMILES string of the molecule is FC(F)(F)Oc1ccc2c(Cl)cc(Nc3ccc4cc[nH]c4c3)nc2c1. The van der Waals surface area contributed by atoms with Gasteiger partial charge in [-0.2, -0.15) is 0 Å². The number of nitrogens with zero attached hydrogens (tertiary/aromatic N) is 1. The molecule has 0 unspecified atom stereocenters. The van der Waals surface area contributed by atoms with Crippen molar-refractivity contribution < 1.29 is 17.9 Å². The van der Waals surface area contributed by atoms with Crippen molar-refractivity contribution in [3.63, 3.8) is 0 Å². The highest BCUT2D eigenvalue weighted by Crippen LogP contribution is 2.31. The van der Waals surface area contributed by atoms with E-state index in [-0.39, 0.29) is 5.75 Å². The van der Waals surface area contributed by atoms with E-state index in [1.165, 1.54) is 18.2 Å².